The van der Waals surface area contributed by atoms with Gasteiger partial charge in [0.05, 0.1) is 5.76 Å². The number of hydrogen-bond donors (Lipinski definition) is 0. The van der Waals surface area contributed by atoms with Gasteiger partial charge in [-0.3, -0.25) is 0 Å². The molecule has 0 heterocycles. The van der Waals surface area contributed by atoms with Crippen molar-refractivity contribution >= 4 is 8.32 Å². The molecule has 1 rings (SSSR count). The van der Waals surface area contributed by atoms with Crippen LogP contribution >= 0.6 is 0 Å². The Morgan fingerprint density at radius 1 is 1.44 bits per heavy atom. The molecule has 1 aliphatic carbocycles. The highest BCUT2D eigenvalue weighted by molar-refractivity contribution is 6.70. The van der Waals surface area contributed by atoms with E-state index in [4.69, 9.17) is 4.43 Å². The van der Waals surface area contributed by atoms with E-state index in [2.05, 4.69) is 44.8 Å². The van der Waals surface area contributed by atoms with Crippen LogP contribution in [0.15, 0.2) is 24.0 Å². The van der Waals surface area contributed by atoms with Gasteiger partial charge in [-0.2, -0.15) is 0 Å². The van der Waals surface area contributed by atoms with Crippen molar-refractivity contribution in [1.29, 1.82) is 0 Å². The Morgan fingerprint density at radius 2 is 2.19 bits per heavy atom. The van der Waals surface area contributed by atoms with E-state index >= 15 is 0 Å². The molecule has 1 atom stereocenters. The molecule has 1 aliphatic rings. The van der Waals surface area contributed by atoms with Gasteiger partial charge < -0.3 is 4.43 Å². The molecule has 1 unspecified atom stereocenters. The van der Waals surface area contributed by atoms with Gasteiger partial charge in [-0.15, -0.1) is 0 Å². The summed E-state index contributed by atoms with van der Waals surface area (Å²) in [6.45, 7) is 8.98. The first-order valence-electron chi connectivity index (χ1n) is 6.57. The Balaban J connectivity index is 2.34. The molecule has 0 fully saturated rings. The Bertz CT molecular complexity index is 260. The highest BCUT2D eigenvalue weighted by Crippen LogP contribution is 2.28. The molecule has 0 amide bonds. The topological polar surface area (TPSA) is 9.23 Å². The van der Waals surface area contributed by atoms with Crippen molar-refractivity contribution in [3.8, 4) is 0 Å². The summed E-state index contributed by atoms with van der Waals surface area (Å²) in [5, 5.41) is 0. The van der Waals surface area contributed by atoms with Crippen molar-refractivity contribution in [3.05, 3.63) is 24.0 Å². The second kappa shape index (κ2) is 6.29. The molecule has 0 radical (unpaired) electrons. The van der Waals surface area contributed by atoms with Crippen LogP contribution in [-0.4, -0.2) is 8.32 Å². The van der Waals surface area contributed by atoms with E-state index < -0.39 is 8.32 Å². The Kier molecular flexibility index (Phi) is 5.33. The lowest BCUT2D eigenvalue weighted by Gasteiger charge is -2.19. The van der Waals surface area contributed by atoms with E-state index in [1.165, 1.54) is 31.4 Å². The fourth-order valence-corrected chi connectivity index (χ4v) is 2.89. The molecule has 0 saturated heterocycles. The van der Waals surface area contributed by atoms with Gasteiger partial charge in [0.15, 0.2) is 0 Å². The van der Waals surface area contributed by atoms with E-state index in [0.29, 0.717) is 5.92 Å². The van der Waals surface area contributed by atoms with Crippen LogP contribution in [0.25, 0.3) is 0 Å². The lowest BCUT2D eigenvalue weighted by Crippen LogP contribution is -2.24. The van der Waals surface area contributed by atoms with E-state index in [0.717, 1.165) is 6.42 Å². The second-order valence-electron chi connectivity index (χ2n) is 5.62. The van der Waals surface area contributed by atoms with Gasteiger partial charge in [0, 0.05) is 6.42 Å². The number of unbranched alkanes of at least 4 members (excludes halogenated alkanes) is 2. The smallest absolute Gasteiger partial charge is 0.241 e. The molecule has 92 valence electrons. The molecule has 2 heteroatoms. The lowest BCUT2D eigenvalue weighted by atomic mass is 10.1. The van der Waals surface area contributed by atoms with Crippen molar-refractivity contribution in [2.24, 2.45) is 5.92 Å². The van der Waals surface area contributed by atoms with Crippen molar-refractivity contribution in [1.82, 2.24) is 0 Å². The van der Waals surface area contributed by atoms with Crippen LogP contribution in [0.4, 0.5) is 0 Å². The van der Waals surface area contributed by atoms with Crippen molar-refractivity contribution in [2.45, 2.75) is 58.7 Å². The van der Waals surface area contributed by atoms with E-state index in [9.17, 15) is 0 Å². The quantitative estimate of drug-likeness (QED) is 0.364. The molecule has 0 spiro atoms. The fraction of sp³-hybridized carbons (Fsp3) is 0.714. The highest BCUT2D eigenvalue weighted by Gasteiger charge is 2.21. The summed E-state index contributed by atoms with van der Waals surface area (Å²) < 4.78 is 6.02. The summed E-state index contributed by atoms with van der Waals surface area (Å²) >= 11 is 0. The van der Waals surface area contributed by atoms with Crippen LogP contribution in [0.3, 0.4) is 0 Å². The zero-order chi connectivity index (χ0) is 12.0. The molecule has 1 nitrogen and oxygen atoms in total. The SMILES string of the molecule is CCCC/C=C/C1C=C(O[Si](C)(C)C)CC1. The Hall–Kier alpha value is -0.503. The summed E-state index contributed by atoms with van der Waals surface area (Å²) in [5.74, 6) is 1.87. The molecule has 0 aromatic rings. The van der Waals surface area contributed by atoms with Gasteiger partial charge in [-0.05, 0) is 44.5 Å². The second-order valence-corrected chi connectivity index (χ2v) is 10.0. The third-order valence-corrected chi connectivity index (χ3v) is 3.54. The maximum Gasteiger partial charge on any atom is 0.241 e. The monoisotopic (exact) mass is 238 g/mol. The standard InChI is InChI=1S/C14H26OSi/c1-5-6-7-8-9-13-10-11-14(12-13)15-16(2,3)4/h8-9,12-13H,5-7,10-11H2,1-4H3/b9-8+. The molecule has 0 bridgehead atoms. The van der Waals surface area contributed by atoms with Crippen LogP contribution in [0.2, 0.25) is 19.6 Å². The molecule has 0 aromatic heterocycles. The van der Waals surface area contributed by atoms with Gasteiger partial charge in [-0.1, -0.05) is 31.9 Å². The first-order chi connectivity index (χ1) is 7.51. The van der Waals surface area contributed by atoms with E-state index in [-0.39, 0.29) is 0 Å². The largest absolute Gasteiger partial charge is 0.548 e. The van der Waals surface area contributed by atoms with Gasteiger partial charge in [0.25, 0.3) is 0 Å². The molecule has 0 N–H and O–H groups in total. The van der Waals surface area contributed by atoms with Gasteiger partial charge >= 0.3 is 0 Å². The molecule has 16 heavy (non-hydrogen) atoms. The average Bonchev–Trinajstić information content (AvgIpc) is 2.58. The Labute approximate surface area is 102 Å². The highest BCUT2D eigenvalue weighted by atomic mass is 28.4. The van der Waals surface area contributed by atoms with Crippen molar-refractivity contribution < 1.29 is 4.43 Å². The third-order valence-electron chi connectivity index (χ3n) is 2.67. The van der Waals surface area contributed by atoms with Crippen molar-refractivity contribution in [3.63, 3.8) is 0 Å². The number of rotatable bonds is 6. The zero-order valence-electron chi connectivity index (χ0n) is 11.3. The predicted molar refractivity (Wildman–Crippen MR) is 73.9 cm³/mol. The number of allylic oxidation sites excluding steroid dienone is 4. The minimum Gasteiger partial charge on any atom is -0.548 e. The van der Waals surface area contributed by atoms with E-state index in [1.807, 2.05) is 0 Å². The third kappa shape index (κ3) is 5.55. The van der Waals surface area contributed by atoms with Crippen LogP contribution in [0, 0.1) is 5.92 Å². The molecule has 0 aromatic carbocycles. The van der Waals surface area contributed by atoms with E-state index in [1.54, 1.807) is 0 Å². The van der Waals surface area contributed by atoms with Gasteiger partial charge in [-0.25, -0.2) is 0 Å². The van der Waals surface area contributed by atoms with Crippen molar-refractivity contribution in [2.75, 3.05) is 0 Å². The molecule has 0 saturated carbocycles. The first-order valence-corrected chi connectivity index (χ1v) is 9.98. The summed E-state index contributed by atoms with van der Waals surface area (Å²) in [7, 11) is -1.39. The van der Waals surface area contributed by atoms with Crippen LogP contribution < -0.4 is 0 Å². The Morgan fingerprint density at radius 3 is 2.81 bits per heavy atom. The van der Waals surface area contributed by atoms with Gasteiger partial charge in [0.2, 0.25) is 8.32 Å². The molecular weight excluding hydrogens is 212 g/mol. The van der Waals surface area contributed by atoms with Crippen LogP contribution in [0.1, 0.15) is 39.0 Å². The minimum atomic E-state index is -1.39. The fourth-order valence-electron chi connectivity index (χ4n) is 1.94. The molecule has 0 aliphatic heterocycles. The zero-order valence-corrected chi connectivity index (χ0v) is 12.3. The maximum absolute atomic E-state index is 6.02. The summed E-state index contributed by atoms with van der Waals surface area (Å²) in [6.07, 6.45) is 13.2. The lowest BCUT2D eigenvalue weighted by molar-refractivity contribution is 0.407. The summed E-state index contributed by atoms with van der Waals surface area (Å²) in [6, 6.07) is 0. The maximum atomic E-state index is 6.02. The normalized spacial score (nSPS) is 21.5. The van der Waals surface area contributed by atoms with Crippen LogP contribution in [-0.2, 0) is 4.43 Å². The average molecular weight is 238 g/mol. The number of hydrogen-bond acceptors (Lipinski definition) is 1. The van der Waals surface area contributed by atoms with Crippen LogP contribution in [0.5, 0.6) is 0 Å². The predicted octanol–water partition coefficient (Wildman–Crippen LogP) is 4.88. The summed E-state index contributed by atoms with van der Waals surface area (Å²) in [5.41, 5.74) is 0. The minimum absolute atomic E-state index is 0.628. The molecular formula is C14H26OSi. The first kappa shape index (κ1) is 13.6. The summed E-state index contributed by atoms with van der Waals surface area (Å²) in [4.78, 5) is 0. The van der Waals surface area contributed by atoms with Gasteiger partial charge in [0.1, 0.15) is 0 Å².